The quantitative estimate of drug-likeness (QED) is 0.772. The van der Waals surface area contributed by atoms with Crippen molar-refractivity contribution >= 4 is 6.09 Å². The average molecular weight is 269 g/mol. The predicted octanol–water partition coefficient (Wildman–Crippen LogP) is 2.84. The third kappa shape index (κ3) is 3.85. The molecular weight excluding hydrogens is 242 g/mol. The van der Waals surface area contributed by atoms with Crippen molar-refractivity contribution in [3.05, 3.63) is 0 Å². The second kappa shape index (κ2) is 7.13. The number of carbonyl (C=O) groups is 1. The van der Waals surface area contributed by atoms with Crippen molar-refractivity contribution in [3.63, 3.8) is 0 Å². The van der Waals surface area contributed by atoms with Gasteiger partial charge in [-0.25, -0.2) is 4.79 Å². The smallest absolute Gasteiger partial charge is 0.407 e. The summed E-state index contributed by atoms with van der Waals surface area (Å²) in [5.74, 6) is 1.12. The largest absolute Gasteiger partial charge is 0.450 e. The molecule has 0 saturated heterocycles. The van der Waals surface area contributed by atoms with Crippen LogP contribution in [0.2, 0.25) is 0 Å². The van der Waals surface area contributed by atoms with Gasteiger partial charge in [-0.2, -0.15) is 0 Å². The van der Waals surface area contributed by atoms with E-state index in [0.717, 1.165) is 32.1 Å². The second-order valence-corrected chi connectivity index (χ2v) is 6.01. The molecule has 0 aromatic carbocycles. The summed E-state index contributed by atoms with van der Waals surface area (Å²) in [6, 6.07) is -0.104. The number of amides is 1. The summed E-state index contributed by atoms with van der Waals surface area (Å²) < 4.78 is 5.15. The van der Waals surface area contributed by atoms with Crippen LogP contribution in [0.5, 0.6) is 0 Å². The fourth-order valence-electron chi connectivity index (χ4n) is 3.61. The summed E-state index contributed by atoms with van der Waals surface area (Å²) in [7, 11) is 0. The third-order valence-corrected chi connectivity index (χ3v) is 4.69. The van der Waals surface area contributed by atoms with Gasteiger partial charge in [0.1, 0.15) is 0 Å². The molecule has 2 saturated carbocycles. The van der Waals surface area contributed by atoms with Crippen molar-refractivity contribution in [1.82, 2.24) is 5.32 Å². The Morgan fingerprint density at radius 1 is 1.26 bits per heavy atom. The van der Waals surface area contributed by atoms with Crippen molar-refractivity contribution in [2.24, 2.45) is 11.8 Å². The molecule has 2 aliphatic rings. The highest BCUT2D eigenvalue weighted by Crippen LogP contribution is 2.40. The molecule has 110 valence electrons. The van der Waals surface area contributed by atoms with Crippen LogP contribution in [0.4, 0.5) is 4.79 Å². The Morgan fingerprint density at radius 2 is 2.05 bits per heavy atom. The van der Waals surface area contributed by atoms with E-state index < -0.39 is 6.10 Å². The molecule has 19 heavy (non-hydrogen) atoms. The Bertz CT molecular complexity index is 295. The van der Waals surface area contributed by atoms with Crippen LogP contribution in [0.15, 0.2) is 0 Å². The molecule has 4 atom stereocenters. The lowest BCUT2D eigenvalue weighted by molar-refractivity contribution is 0.00845. The van der Waals surface area contributed by atoms with E-state index in [4.69, 9.17) is 4.74 Å². The predicted molar refractivity (Wildman–Crippen MR) is 73.9 cm³/mol. The zero-order chi connectivity index (χ0) is 13.7. The third-order valence-electron chi connectivity index (χ3n) is 4.69. The molecule has 2 aliphatic carbocycles. The van der Waals surface area contributed by atoms with Gasteiger partial charge in [0, 0.05) is 0 Å². The maximum atomic E-state index is 11.8. The lowest BCUT2D eigenvalue weighted by Gasteiger charge is -2.43. The molecule has 4 unspecified atom stereocenters. The van der Waals surface area contributed by atoms with Crippen LogP contribution in [-0.2, 0) is 4.74 Å². The summed E-state index contributed by atoms with van der Waals surface area (Å²) in [6.07, 6.45) is 7.96. The van der Waals surface area contributed by atoms with Crippen LogP contribution in [0.3, 0.4) is 0 Å². The van der Waals surface area contributed by atoms with Gasteiger partial charge < -0.3 is 15.2 Å². The monoisotopic (exact) mass is 269 g/mol. The van der Waals surface area contributed by atoms with E-state index in [1.54, 1.807) is 0 Å². The van der Waals surface area contributed by atoms with E-state index in [1.807, 2.05) is 0 Å². The molecule has 4 heteroatoms. The van der Waals surface area contributed by atoms with Crippen LogP contribution < -0.4 is 5.32 Å². The first-order valence-electron chi connectivity index (χ1n) is 7.83. The van der Waals surface area contributed by atoms with Crippen molar-refractivity contribution in [3.8, 4) is 0 Å². The minimum Gasteiger partial charge on any atom is -0.450 e. The highest BCUT2D eigenvalue weighted by atomic mass is 16.5. The molecule has 0 bridgehead atoms. The van der Waals surface area contributed by atoms with E-state index in [0.29, 0.717) is 18.4 Å². The number of hydrogen-bond acceptors (Lipinski definition) is 3. The summed E-state index contributed by atoms with van der Waals surface area (Å²) >= 11 is 0. The maximum Gasteiger partial charge on any atom is 0.407 e. The Labute approximate surface area is 115 Å². The topological polar surface area (TPSA) is 58.6 Å². The number of alkyl carbamates (subject to hydrolysis) is 1. The number of aliphatic hydroxyl groups is 1. The molecule has 0 heterocycles. The summed E-state index contributed by atoms with van der Waals surface area (Å²) in [6.45, 7) is 2.54. The van der Waals surface area contributed by atoms with E-state index in [1.165, 1.54) is 19.3 Å². The fourth-order valence-corrected chi connectivity index (χ4v) is 3.61. The standard InChI is InChI=1S/C15H27NO3/c1-2-3-10-19-15(18)16-14-12-7-5-4-6-11(12)8-9-13(14)17/h11-14,17H,2-10H2,1H3,(H,16,18). The number of rotatable bonds is 4. The first-order chi connectivity index (χ1) is 9.22. The minimum atomic E-state index is -0.405. The number of ether oxygens (including phenoxy) is 1. The van der Waals surface area contributed by atoms with Crippen LogP contribution in [0.1, 0.15) is 58.3 Å². The SMILES string of the molecule is CCCCOC(=O)NC1C(O)CCC2CCCCC21. The van der Waals surface area contributed by atoms with Gasteiger partial charge in [0.05, 0.1) is 18.8 Å². The second-order valence-electron chi connectivity index (χ2n) is 6.01. The zero-order valence-electron chi connectivity index (χ0n) is 11.9. The van der Waals surface area contributed by atoms with Crippen LogP contribution in [-0.4, -0.2) is 30.0 Å². The number of aliphatic hydroxyl groups excluding tert-OH is 1. The summed E-state index contributed by atoms with van der Waals surface area (Å²) in [5.41, 5.74) is 0. The molecule has 2 fully saturated rings. The Balaban J connectivity index is 1.86. The molecule has 0 radical (unpaired) electrons. The van der Waals surface area contributed by atoms with Gasteiger partial charge in [-0.1, -0.05) is 32.6 Å². The number of carbonyl (C=O) groups excluding carboxylic acids is 1. The summed E-state index contributed by atoms with van der Waals surface area (Å²) in [4.78, 5) is 11.8. The summed E-state index contributed by atoms with van der Waals surface area (Å²) in [5, 5.41) is 13.1. The van der Waals surface area contributed by atoms with Crippen molar-refractivity contribution in [1.29, 1.82) is 0 Å². The van der Waals surface area contributed by atoms with Gasteiger partial charge in [0.2, 0.25) is 0 Å². The van der Waals surface area contributed by atoms with Gasteiger partial charge in [0.25, 0.3) is 0 Å². The molecule has 0 spiro atoms. The van der Waals surface area contributed by atoms with E-state index in [9.17, 15) is 9.90 Å². The van der Waals surface area contributed by atoms with Crippen molar-refractivity contribution in [2.75, 3.05) is 6.61 Å². The van der Waals surface area contributed by atoms with Gasteiger partial charge >= 0.3 is 6.09 Å². The van der Waals surface area contributed by atoms with Gasteiger partial charge in [-0.3, -0.25) is 0 Å². The maximum absolute atomic E-state index is 11.8. The molecule has 4 nitrogen and oxygen atoms in total. The number of unbranched alkanes of at least 4 members (excludes halogenated alkanes) is 1. The van der Waals surface area contributed by atoms with Crippen LogP contribution in [0.25, 0.3) is 0 Å². The molecule has 2 rings (SSSR count). The zero-order valence-corrected chi connectivity index (χ0v) is 11.9. The lowest BCUT2D eigenvalue weighted by Crippen LogP contribution is -2.53. The van der Waals surface area contributed by atoms with Crippen molar-refractivity contribution in [2.45, 2.75) is 70.4 Å². The van der Waals surface area contributed by atoms with Crippen LogP contribution in [0, 0.1) is 11.8 Å². The van der Waals surface area contributed by atoms with E-state index in [-0.39, 0.29) is 12.1 Å². The molecule has 0 aromatic heterocycles. The first-order valence-corrected chi connectivity index (χ1v) is 7.83. The molecule has 0 aromatic rings. The van der Waals surface area contributed by atoms with Gasteiger partial charge in [-0.15, -0.1) is 0 Å². The van der Waals surface area contributed by atoms with Crippen molar-refractivity contribution < 1.29 is 14.6 Å². The first kappa shape index (κ1) is 14.6. The van der Waals surface area contributed by atoms with Gasteiger partial charge in [0.15, 0.2) is 0 Å². The lowest BCUT2D eigenvalue weighted by atomic mass is 9.67. The number of fused-ring (bicyclic) bond motifs is 1. The normalized spacial score (nSPS) is 34.4. The Hall–Kier alpha value is -0.770. The Morgan fingerprint density at radius 3 is 2.84 bits per heavy atom. The highest BCUT2D eigenvalue weighted by molar-refractivity contribution is 5.67. The fraction of sp³-hybridized carbons (Fsp3) is 0.933. The average Bonchev–Trinajstić information content (AvgIpc) is 2.42. The van der Waals surface area contributed by atoms with Crippen LogP contribution >= 0.6 is 0 Å². The number of nitrogens with one attached hydrogen (secondary N) is 1. The number of hydrogen-bond donors (Lipinski definition) is 2. The molecule has 2 N–H and O–H groups in total. The molecule has 0 aliphatic heterocycles. The Kier molecular flexibility index (Phi) is 5.49. The van der Waals surface area contributed by atoms with Gasteiger partial charge in [-0.05, 0) is 37.5 Å². The highest BCUT2D eigenvalue weighted by Gasteiger charge is 2.40. The van der Waals surface area contributed by atoms with E-state index in [2.05, 4.69) is 12.2 Å². The minimum absolute atomic E-state index is 0.104. The molecule has 1 amide bonds. The molecular formula is C15H27NO3. The van der Waals surface area contributed by atoms with E-state index >= 15 is 0 Å².